The molecule has 2 aromatic carbocycles. The zero-order valence-electron chi connectivity index (χ0n) is 16.5. The van der Waals surface area contributed by atoms with Crippen LogP contribution >= 0.6 is 0 Å². The van der Waals surface area contributed by atoms with Crippen LogP contribution in [0.1, 0.15) is 23.4 Å². The van der Waals surface area contributed by atoms with E-state index in [9.17, 15) is 4.79 Å². The number of anilines is 2. The van der Waals surface area contributed by atoms with Gasteiger partial charge in [-0.15, -0.1) is 0 Å². The van der Waals surface area contributed by atoms with E-state index in [1.54, 1.807) is 23.0 Å². The summed E-state index contributed by atoms with van der Waals surface area (Å²) in [4.78, 5) is 15.1. The maximum absolute atomic E-state index is 12.9. The van der Waals surface area contributed by atoms with E-state index < -0.39 is 0 Å². The smallest absolute Gasteiger partial charge is 0.291 e. The summed E-state index contributed by atoms with van der Waals surface area (Å²) in [6.45, 7) is 1.71. The van der Waals surface area contributed by atoms with Gasteiger partial charge in [-0.3, -0.25) is 4.79 Å². The molecule has 7 heteroatoms. The Labute approximate surface area is 174 Å². The number of rotatable bonds is 4. The quantitative estimate of drug-likeness (QED) is 0.543. The standard InChI is InChI=1S/C23H23N5O2/c24-17-7-5-13-27(15-17)20-10-4-2-8-18(20)26-23(29)21-11-12-22(30-21)28-19-9-3-1-6-16(19)14-25-28/h1-4,6,8-12,14,17H,5,7,13,15,24H2,(H,26,29)/t17-/m0/s1. The van der Waals surface area contributed by atoms with E-state index in [1.165, 1.54) is 0 Å². The van der Waals surface area contributed by atoms with Crippen molar-refractivity contribution in [1.29, 1.82) is 0 Å². The van der Waals surface area contributed by atoms with Gasteiger partial charge < -0.3 is 20.4 Å². The van der Waals surface area contributed by atoms with Crippen molar-refractivity contribution in [2.75, 3.05) is 23.3 Å². The summed E-state index contributed by atoms with van der Waals surface area (Å²) in [5, 5.41) is 8.38. The second-order valence-electron chi connectivity index (χ2n) is 7.57. The first-order valence-corrected chi connectivity index (χ1v) is 10.1. The number of piperidine rings is 1. The Balaban J connectivity index is 1.38. The van der Waals surface area contributed by atoms with Crippen LogP contribution in [0.15, 0.2) is 71.3 Å². The fraction of sp³-hybridized carbons (Fsp3) is 0.217. The molecule has 1 aliphatic heterocycles. The SMILES string of the molecule is N[C@H]1CCCN(c2ccccc2NC(=O)c2ccc(-n3ncc4ccccc43)o2)C1. The summed E-state index contributed by atoms with van der Waals surface area (Å²) < 4.78 is 7.52. The van der Waals surface area contributed by atoms with Gasteiger partial charge in [-0.05, 0) is 37.1 Å². The molecule has 0 unspecified atom stereocenters. The Morgan fingerprint density at radius 1 is 1.10 bits per heavy atom. The number of amides is 1. The van der Waals surface area contributed by atoms with Crippen molar-refractivity contribution in [3.8, 4) is 5.88 Å². The highest BCUT2D eigenvalue weighted by Gasteiger charge is 2.21. The number of carbonyl (C=O) groups is 1. The molecule has 4 aromatic rings. The largest absolute Gasteiger partial charge is 0.433 e. The lowest BCUT2D eigenvalue weighted by Crippen LogP contribution is -2.43. The van der Waals surface area contributed by atoms with E-state index >= 15 is 0 Å². The second-order valence-corrected chi connectivity index (χ2v) is 7.57. The molecule has 2 aromatic heterocycles. The van der Waals surface area contributed by atoms with Crippen LogP contribution in [0.25, 0.3) is 16.8 Å². The Kier molecular flexibility index (Phi) is 4.72. The van der Waals surface area contributed by atoms with Gasteiger partial charge in [0, 0.05) is 30.6 Å². The molecule has 3 N–H and O–H groups in total. The molecule has 7 nitrogen and oxygen atoms in total. The van der Waals surface area contributed by atoms with Gasteiger partial charge in [-0.2, -0.15) is 5.10 Å². The number of nitrogens with one attached hydrogen (secondary N) is 1. The lowest BCUT2D eigenvalue weighted by atomic mass is 10.1. The second kappa shape index (κ2) is 7.68. The number of furan rings is 1. The van der Waals surface area contributed by atoms with Gasteiger partial charge in [0.05, 0.1) is 23.1 Å². The van der Waals surface area contributed by atoms with Gasteiger partial charge in [-0.25, -0.2) is 4.68 Å². The molecular formula is C23H23N5O2. The maximum Gasteiger partial charge on any atom is 0.291 e. The molecule has 0 spiro atoms. The topological polar surface area (TPSA) is 89.3 Å². The normalized spacial score (nSPS) is 16.7. The molecule has 3 heterocycles. The van der Waals surface area contributed by atoms with Crippen molar-refractivity contribution in [1.82, 2.24) is 9.78 Å². The Bertz CT molecular complexity index is 1200. The zero-order chi connectivity index (χ0) is 20.5. The third-order valence-corrected chi connectivity index (χ3v) is 5.45. The van der Waals surface area contributed by atoms with E-state index in [0.717, 1.165) is 48.2 Å². The van der Waals surface area contributed by atoms with E-state index in [-0.39, 0.29) is 17.7 Å². The summed E-state index contributed by atoms with van der Waals surface area (Å²) in [6.07, 6.45) is 3.85. The number of nitrogens with two attached hydrogens (primary N) is 1. The minimum atomic E-state index is -0.300. The van der Waals surface area contributed by atoms with E-state index in [1.807, 2.05) is 48.5 Å². The molecule has 1 aliphatic rings. The molecule has 5 rings (SSSR count). The number of benzene rings is 2. The minimum absolute atomic E-state index is 0.152. The number of carbonyl (C=O) groups excluding carboxylic acids is 1. The van der Waals surface area contributed by atoms with Crippen LogP contribution in [0, 0.1) is 0 Å². The average Bonchev–Trinajstić information content (AvgIpc) is 3.41. The van der Waals surface area contributed by atoms with Gasteiger partial charge in [0.15, 0.2) is 5.76 Å². The molecule has 30 heavy (non-hydrogen) atoms. The molecule has 1 saturated heterocycles. The molecule has 1 atom stereocenters. The molecular weight excluding hydrogens is 378 g/mol. The van der Waals surface area contributed by atoms with Gasteiger partial charge in [-0.1, -0.05) is 30.3 Å². The van der Waals surface area contributed by atoms with Crippen LogP contribution < -0.4 is 16.0 Å². The van der Waals surface area contributed by atoms with Crippen LogP contribution in [0.5, 0.6) is 0 Å². The van der Waals surface area contributed by atoms with Crippen molar-refractivity contribution < 1.29 is 9.21 Å². The summed E-state index contributed by atoms with van der Waals surface area (Å²) in [5.74, 6) is 0.429. The number of aromatic nitrogens is 2. The van der Waals surface area contributed by atoms with Crippen LogP contribution in [0.3, 0.4) is 0 Å². The van der Waals surface area contributed by atoms with Crippen molar-refractivity contribution in [2.24, 2.45) is 5.73 Å². The third kappa shape index (κ3) is 3.44. The summed E-state index contributed by atoms with van der Waals surface area (Å²) in [7, 11) is 0. The first-order valence-electron chi connectivity index (χ1n) is 10.1. The Morgan fingerprint density at radius 3 is 2.83 bits per heavy atom. The van der Waals surface area contributed by atoms with E-state index in [4.69, 9.17) is 10.2 Å². The van der Waals surface area contributed by atoms with Gasteiger partial charge in [0.25, 0.3) is 5.91 Å². The number of hydrogen-bond donors (Lipinski definition) is 2. The monoisotopic (exact) mass is 401 g/mol. The highest BCUT2D eigenvalue weighted by molar-refractivity contribution is 6.04. The number of para-hydroxylation sites is 3. The van der Waals surface area contributed by atoms with E-state index in [2.05, 4.69) is 15.3 Å². The lowest BCUT2D eigenvalue weighted by Gasteiger charge is -2.33. The van der Waals surface area contributed by atoms with Gasteiger partial charge in [0.2, 0.25) is 5.88 Å². The predicted octanol–water partition coefficient (Wildman–Crippen LogP) is 3.80. The van der Waals surface area contributed by atoms with Gasteiger partial charge >= 0.3 is 0 Å². The minimum Gasteiger partial charge on any atom is -0.433 e. The van der Waals surface area contributed by atoms with Crippen LogP contribution in [0.2, 0.25) is 0 Å². The molecule has 0 bridgehead atoms. The van der Waals surface area contributed by atoms with Crippen LogP contribution in [0.4, 0.5) is 11.4 Å². The van der Waals surface area contributed by atoms with Crippen LogP contribution in [-0.2, 0) is 0 Å². The molecule has 152 valence electrons. The van der Waals surface area contributed by atoms with Crippen molar-refractivity contribution in [3.63, 3.8) is 0 Å². The first-order chi connectivity index (χ1) is 14.7. The Hall–Kier alpha value is -3.58. The maximum atomic E-state index is 12.9. The van der Waals surface area contributed by atoms with Crippen molar-refractivity contribution >= 4 is 28.2 Å². The number of hydrogen-bond acceptors (Lipinski definition) is 5. The molecule has 0 saturated carbocycles. The molecule has 1 fully saturated rings. The fourth-order valence-electron chi connectivity index (χ4n) is 3.98. The first kappa shape index (κ1) is 18.4. The third-order valence-electron chi connectivity index (χ3n) is 5.45. The van der Waals surface area contributed by atoms with Crippen LogP contribution in [-0.4, -0.2) is 34.8 Å². The lowest BCUT2D eigenvalue weighted by molar-refractivity contribution is 0.0996. The summed E-state index contributed by atoms with van der Waals surface area (Å²) >= 11 is 0. The molecule has 0 aliphatic carbocycles. The predicted molar refractivity (Wildman–Crippen MR) is 117 cm³/mol. The Morgan fingerprint density at radius 2 is 1.93 bits per heavy atom. The highest BCUT2D eigenvalue weighted by atomic mass is 16.4. The summed E-state index contributed by atoms with van der Waals surface area (Å²) in [6, 6.07) is 19.2. The average molecular weight is 401 g/mol. The molecule has 0 radical (unpaired) electrons. The molecule has 1 amide bonds. The van der Waals surface area contributed by atoms with E-state index in [0.29, 0.717) is 5.88 Å². The highest BCUT2D eigenvalue weighted by Crippen LogP contribution is 2.29. The van der Waals surface area contributed by atoms with Gasteiger partial charge in [0.1, 0.15) is 0 Å². The number of fused-ring (bicyclic) bond motifs is 1. The van der Waals surface area contributed by atoms with Crippen molar-refractivity contribution in [3.05, 3.63) is 72.6 Å². The fourth-order valence-corrected chi connectivity index (χ4v) is 3.98. The van der Waals surface area contributed by atoms with Crippen molar-refractivity contribution in [2.45, 2.75) is 18.9 Å². The zero-order valence-corrected chi connectivity index (χ0v) is 16.5. The summed E-state index contributed by atoms with van der Waals surface area (Å²) in [5.41, 5.74) is 8.79. The number of nitrogens with zero attached hydrogens (tertiary/aromatic N) is 3.